The van der Waals surface area contributed by atoms with Crippen LogP contribution in [-0.4, -0.2) is 19.7 Å². The van der Waals surface area contributed by atoms with Crippen LogP contribution in [0.1, 0.15) is 17.3 Å². The molecule has 4 nitrogen and oxygen atoms in total. The molecule has 1 aromatic carbocycles. The zero-order valence-corrected chi connectivity index (χ0v) is 9.30. The minimum absolute atomic E-state index is 0.223. The molecule has 82 valence electrons. The predicted molar refractivity (Wildman–Crippen MR) is 58.4 cm³/mol. The number of nitrogen functional groups attached to an aromatic ring is 1. The van der Waals surface area contributed by atoms with Crippen molar-refractivity contribution in [3.63, 3.8) is 0 Å². The quantitative estimate of drug-likeness (QED) is 0.637. The predicted octanol–water partition coefficient (Wildman–Crippen LogP) is 2.11. The lowest BCUT2D eigenvalue weighted by Crippen LogP contribution is -2.09. The highest BCUT2D eigenvalue weighted by Gasteiger charge is 2.15. The number of carbonyl (C=O) groups is 1. The first-order chi connectivity index (χ1) is 7.10. The average Bonchev–Trinajstić information content (AvgIpc) is 2.21. The van der Waals surface area contributed by atoms with Crippen LogP contribution >= 0.6 is 11.6 Å². The molecule has 1 rings (SSSR count). The van der Waals surface area contributed by atoms with E-state index in [0.717, 1.165) is 0 Å². The van der Waals surface area contributed by atoms with Crippen molar-refractivity contribution in [3.05, 3.63) is 22.7 Å². The van der Waals surface area contributed by atoms with Crippen LogP contribution in [0.2, 0.25) is 5.02 Å². The van der Waals surface area contributed by atoms with Crippen molar-refractivity contribution in [1.82, 2.24) is 0 Å². The Morgan fingerprint density at radius 2 is 2.20 bits per heavy atom. The second-order valence-corrected chi connectivity index (χ2v) is 3.23. The molecule has 2 N–H and O–H groups in total. The van der Waals surface area contributed by atoms with Gasteiger partial charge in [0, 0.05) is 11.1 Å². The van der Waals surface area contributed by atoms with Gasteiger partial charge in [-0.1, -0.05) is 11.6 Å². The van der Waals surface area contributed by atoms with Gasteiger partial charge in [0.1, 0.15) is 5.75 Å². The number of esters is 1. The Labute approximate surface area is 92.9 Å². The zero-order valence-electron chi connectivity index (χ0n) is 8.54. The fraction of sp³-hybridized carbons (Fsp3) is 0.300. The van der Waals surface area contributed by atoms with Gasteiger partial charge in [0.15, 0.2) is 0 Å². The van der Waals surface area contributed by atoms with Crippen molar-refractivity contribution < 1.29 is 14.3 Å². The number of anilines is 1. The summed E-state index contributed by atoms with van der Waals surface area (Å²) >= 11 is 5.80. The number of ether oxygens (including phenoxy) is 2. The molecule has 0 amide bonds. The van der Waals surface area contributed by atoms with Gasteiger partial charge in [-0.05, 0) is 13.0 Å². The summed E-state index contributed by atoms with van der Waals surface area (Å²) in [7, 11) is 1.46. The Kier molecular flexibility index (Phi) is 3.80. The molecule has 0 aliphatic rings. The van der Waals surface area contributed by atoms with Crippen LogP contribution in [-0.2, 0) is 4.74 Å². The van der Waals surface area contributed by atoms with Crippen LogP contribution in [0.15, 0.2) is 12.1 Å². The summed E-state index contributed by atoms with van der Waals surface area (Å²) in [5.74, 6) is -0.138. The smallest absolute Gasteiger partial charge is 0.340 e. The number of halogens is 1. The van der Waals surface area contributed by atoms with Gasteiger partial charge in [0.05, 0.1) is 25.0 Å². The van der Waals surface area contributed by atoms with E-state index in [9.17, 15) is 4.79 Å². The van der Waals surface area contributed by atoms with E-state index < -0.39 is 5.97 Å². The minimum atomic E-state index is -0.504. The third-order valence-electron chi connectivity index (χ3n) is 1.82. The van der Waals surface area contributed by atoms with Gasteiger partial charge in [-0.2, -0.15) is 0 Å². The first-order valence-electron chi connectivity index (χ1n) is 4.40. The van der Waals surface area contributed by atoms with E-state index in [-0.39, 0.29) is 17.9 Å². The molecule has 0 radical (unpaired) electrons. The van der Waals surface area contributed by atoms with Crippen LogP contribution in [0.4, 0.5) is 5.69 Å². The van der Waals surface area contributed by atoms with Gasteiger partial charge in [-0.15, -0.1) is 0 Å². The summed E-state index contributed by atoms with van der Waals surface area (Å²) in [5.41, 5.74) is 6.17. The Morgan fingerprint density at radius 3 is 2.73 bits per heavy atom. The molecule has 5 heteroatoms. The molecular formula is C10H12ClNO3. The van der Waals surface area contributed by atoms with Gasteiger partial charge in [-0.25, -0.2) is 4.79 Å². The number of nitrogens with two attached hydrogens (primary N) is 1. The maximum Gasteiger partial charge on any atom is 0.340 e. The molecule has 15 heavy (non-hydrogen) atoms. The minimum Gasteiger partial charge on any atom is -0.495 e. The fourth-order valence-electron chi connectivity index (χ4n) is 1.14. The molecule has 0 atom stereocenters. The number of methoxy groups -OCH3 is 1. The highest BCUT2D eigenvalue weighted by molar-refractivity contribution is 6.31. The summed E-state index contributed by atoms with van der Waals surface area (Å²) in [4.78, 5) is 11.5. The SMILES string of the molecule is CCOC(=O)c1cc(Cl)cc(OC)c1N. The lowest BCUT2D eigenvalue weighted by atomic mass is 10.1. The Balaban J connectivity index is 3.17. The van der Waals surface area contributed by atoms with E-state index in [2.05, 4.69) is 0 Å². The number of rotatable bonds is 3. The summed E-state index contributed by atoms with van der Waals surface area (Å²) in [6, 6.07) is 3.00. The molecule has 1 aromatic rings. The van der Waals surface area contributed by atoms with E-state index in [1.165, 1.54) is 13.2 Å². The molecule has 0 aliphatic carbocycles. The van der Waals surface area contributed by atoms with E-state index in [4.69, 9.17) is 26.8 Å². The zero-order chi connectivity index (χ0) is 11.4. The second kappa shape index (κ2) is 4.89. The highest BCUT2D eigenvalue weighted by atomic mass is 35.5. The molecule has 0 unspecified atom stereocenters. The third kappa shape index (κ3) is 2.53. The largest absolute Gasteiger partial charge is 0.495 e. The lowest BCUT2D eigenvalue weighted by Gasteiger charge is -2.09. The van der Waals surface area contributed by atoms with Crippen LogP contribution in [0, 0.1) is 0 Å². The van der Waals surface area contributed by atoms with E-state index in [0.29, 0.717) is 10.8 Å². The number of hydrogen-bond donors (Lipinski definition) is 1. The van der Waals surface area contributed by atoms with Crippen molar-refractivity contribution in [2.24, 2.45) is 0 Å². The fourth-order valence-corrected chi connectivity index (χ4v) is 1.35. The summed E-state index contributed by atoms with van der Waals surface area (Å²) in [5, 5.41) is 0.379. The Morgan fingerprint density at radius 1 is 1.53 bits per heavy atom. The van der Waals surface area contributed by atoms with Crippen molar-refractivity contribution in [1.29, 1.82) is 0 Å². The van der Waals surface area contributed by atoms with Gasteiger partial charge in [0.25, 0.3) is 0 Å². The molecule has 0 bridgehead atoms. The normalized spacial score (nSPS) is 9.80. The number of benzene rings is 1. The first kappa shape index (κ1) is 11.7. The van der Waals surface area contributed by atoms with Crippen LogP contribution < -0.4 is 10.5 Å². The standard InChI is InChI=1S/C10H12ClNO3/c1-3-15-10(13)7-4-6(11)5-8(14-2)9(7)12/h4-5H,3,12H2,1-2H3. The second-order valence-electron chi connectivity index (χ2n) is 2.79. The number of carbonyl (C=O) groups excluding carboxylic acids is 1. The van der Waals surface area contributed by atoms with Crippen LogP contribution in [0.3, 0.4) is 0 Å². The van der Waals surface area contributed by atoms with Crippen LogP contribution in [0.25, 0.3) is 0 Å². The van der Waals surface area contributed by atoms with Crippen molar-refractivity contribution in [2.75, 3.05) is 19.5 Å². The molecule has 0 aliphatic heterocycles. The van der Waals surface area contributed by atoms with Gasteiger partial charge in [0.2, 0.25) is 0 Å². The van der Waals surface area contributed by atoms with Crippen molar-refractivity contribution in [2.45, 2.75) is 6.92 Å². The molecule has 0 spiro atoms. The molecule has 0 heterocycles. The summed E-state index contributed by atoms with van der Waals surface area (Å²) in [6.07, 6.45) is 0. The monoisotopic (exact) mass is 229 g/mol. The first-order valence-corrected chi connectivity index (χ1v) is 4.78. The summed E-state index contributed by atoms with van der Waals surface area (Å²) < 4.78 is 9.81. The molecule has 0 fully saturated rings. The Bertz CT molecular complexity index is 379. The molecule has 0 saturated carbocycles. The maximum atomic E-state index is 11.5. The van der Waals surface area contributed by atoms with Gasteiger partial charge < -0.3 is 15.2 Å². The topological polar surface area (TPSA) is 61.5 Å². The van der Waals surface area contributed by atoms with Gasteiger partial charge in [-0.3, -0.25) is 0 Å². The number of hydrogen-bond acceptors (Lipinski definition) is 4. The highest BCUT2D eigenvalue weighted by Crippen LogP contribution is 2.30. The average molecular weight is 230 g/mol. The van der Waals surface area contributed by atoms with Crippen molar-refractivity contribution in [3.8, 4) is 5.75 Å². The Hall–Kier alpha value is -1.42. The van der Waals surface area contributed by atoms with E-state index in [1.54, 1.807) is 13.0 Å². The van der Waals surface area contributed by atoms with Gasteiger partial charge >= 0.3 is 5.97 Å². The molecular weight excluding hydrogens is 218 g/mol. The summed E-state index contributed by atoms with van der Waals surface area (Å²) in [6.45, 7) is 2.00. The van der Waals surface area contributed by atoms with Crippen LogP contribution in [0.5, 0.6) is 5.75 Å². The van der Waals surface area contributed by atoms with E-state index >= 15 is 0 Å². The third-order valence-corrected chi connectivity index (χ3v) is 2.04. The molecule has 0 aromatic heterocycles. The lowest BCUT2D eigenvalue weighted by molar-refractivity contribution is 0.0527. The molecule has 0 saturated heterocycles. The van der Waals surface area contributed by atoms with E-state index in [1.807, 2.05) is 0 Å². The maximum absolute atomic E-state index is 11.5. The van der Waals surface area contributed by atoms with Crippen molar-refractivity contribution >= 4 is 23.3 Å².